The zero-order valence-corrected chi connectivity index (χ0v) is 10.4. The molecule has 1 aliphatic rings. The molecule has 17 heavy (non-hydrogen) atoms. The zero-order valence-electron chi connectivity index (χ0n) is 10.4. The van der Waals surface area contributed by atoms with Gasteiger partial charge in [-0.25, -0.2) is 0 Å². The van der Waals surface area contributed by atoms with Crippen molar-refractivity contribution in [2.45, 2.75) is 31.9 Å². The van der Waals surface area contributed by atoms with Crippen LogP contribution in [0.15, 0.2) is 30.3 Å². The first-order valence-corrected chi connectivity index (χ1v) is 6.37. The van der Waals surface area contributed by atoms with Gasteiger partial charge >= 0.3 is 0 Å². The van der Waals surface area contributed by atoms with Crippen molar-refractivity contribution in [3.63, 3.8) is 0 Å². The molecule has 0 bridgehead atoms. The largest absolute Gasteiger partial charge is 0.491 e. The van der Waals surface area contributed by atoms with Gasteiger partial charge in [0.05, 0.1) is 12.7 Å². The van der Waals surface area contributed by atoms with Crippen molar-refractivity contribution in [3.05, 3.63) is 30.3 Å². The summed E-state index contributed by atoms with van der Waals surface area (Å²) in [5.74, 6) is 0.909. The number of ether oxygens (including phenoxy) is 2. The molecule has 1 heterocycles. The van der Waals surface area contributed by atoms with Crippen molar-refractivity contribution in [2.24, 2.45) is 0 Å². The maximum Gasteiger partial charge on any atom is 0.119 e. The van der Waals surface area contributed by atoms with E-state index in [4.69, 9.17) is 9.47 Å². The Hall–Kier alpha value is -1.06. The van der Waals surface area contributed by atoms with Crippen LogP contribution in [-0.2, 0) is 4.74 Å². The lowest BCUT2D eigenvalue weighted by Crippen LogP contribution is -2.41. The molecule has 1 fully saturated rings. The van der Waals surface area contributed by atoms with E-state index in [2.05, 4.69) is 12.2 Å². The Balaban J connectivity index is 1.57. The number of hydrogen-bond donors (Lipinski definition) is 1. The maximum absolute atomic E-state index is 5.77. The Morgan fingerprint density at radius 3 is 2.71 bits per heavy atom. The highest BCUT2D eigenvalue weighted by Gasteiger charge is 2.17. The number of rotatable bonds is 5. The molecule has 0 aliphatic carbocycles. The van der Waals surface area contributed by atoms with Gasteiger partial charge in [0.25, 0.3) is 0 Å². The lowest BCUT2D eigenvalue weighted by Gasteiger charge is -2.27. The summed E-state index contributed by atoms with van der Waals surface area (Å²) in [4.78, 5) is 0. The van der Waals surface area contributed by atoms with Crippen molar-refractivity contribution in [2.75, 3.05) is 19.8 Å². The van der Waals surface area contributed by atoms with Gasteiger partial charge in [0.15, 0.2) is 0 Å². The molecule has 2 unspecified atom stereocenters. The Labute approximate surface area is 103 Å². The van der Waals surface area contributed by atoms with E-state index in [1.165, 1.54) is 6.42 Å². The second-order valence-electron chi connectivity index (χ2n) is 4.54. The van der Waals surface area contributed by atoms with Crippen molar-refractivity contribution in [1.82, 2.24) is 5.32 Å². The summed E-state index contributed by atoms with van der Waals surface area (Å²) in [6.45, 7) is 4.47. The van der Waals surface area contributed by atoms with E-state index >= 15 is 0 Å². The van der Waals surface area contributed by atoms with Gasteiger partial charge in [0.1, 0.15) is 12.4 Å². The molecular formula is C14H21NO2. The third-order valence-corrected chi connectivity index (χ3v) is 3.06. The third kappa shape index (κ3) is 4.36. The van der Waals surface area contributed by atoms with Crippen molar-refractivity contribution in [3.8, 4) is 5.75 Å². The molecule has 0 saturated carbocycles. The van der Waals surface area contributed by atoms with Gasteiger partial charge in [0.2, 0.25) is 0 Å². The van der Waals surface area contributed by atoms with Crippen LogP contribution >= 0.6 is 0 Å². The highest BCUT2D eigenvalue weighted by atomic mass is 16.5. The Morgan fingerprint density at radius 2 is 2.00 bits per heavy atom. The minimum absolute atomic E-state index is 0.352. The average Bonchev–Trinajstić information content (AvgIpc) is 2.38. The molecule has 0 amide bonds. The van der Waals surface area contributed by atoms with Crippen LogP contribution in [0.3, 0.4) is 0 Å². The van der Waals surface area contributed by atoms with E-state index in [1.54, 1.807) is 0 Å². The number of hydrogen-bond acceptors (Lipinski definition) is 3. The molecule has 2 atom stereocenters. The molecule has 1 aromatic carbocycles. The first-order valence-electron chi connectivity index (χ1n) is 6.37. The highest BCUT2D eigenvalue weighted by molar-refractivity contribution is 5.20. The number of piperidine rings is 1. The third-order valence-electron chi connectivity index (χ3n) is 3.06. The first-order chi connectivity index (χ1) is 8.34. The number of nitrogens with one attached hydrogen (secondary N) is 1. The van der Waals surface area contributed by atoms with Crippen LogP contribution in [0.4, 0.5) is 0 Å². The van der Waals surface area contributed by atoms with Crippen LogP contribution in [0.25, 0.3) is 0 Å². The smallest absolute Gasteiger partial charge is 0.119 e. The lowest BCUT2D eigenvalue weighted by molar-refractivity contribution is 0.0153. The molecule has 94 valence electrons. The fraction of sp³-hybridized carbons (Fsp3) is 0.571. The number of para-hydroxylation sites is 1. The van der Waals surface area contributed by atoms with Gasteiger partial charge in [0, 0.05) is 12.6 Å². The summed E-state index contributed by atoms with van der Waals surface area (Å²) >= 11 is 0. The molecule has 3 heteroatoms. The van der Waals surface area contributed by atoms with Gasteiger partial charge < -0.3 is 14.8 Å². The molecule has 1 aliphatic heterocycles. The van der Waals surface area contributed by atoms with E-state index in [1.807, 2.05) is 30.3 Å². The maximum atomic E-state index is 5.77. The van der Waals surface area contributed by atoms with Gasteiger partial charge in [-0.2, -0.15) is 0 Å². The molecule has 0 spiro atoms. The Bertz CT molecular complexity index is 307. The summed E-state index contributed by atoms with van der Waals surface area (Å²) in [6.07, 6.45) is 2.70. The van der Waals surface area contributed by atoms with Crippen LogP contribution in [0, 0.1) is 0 Å². The molecule has 0 radical (unpaired) electrons. The summed E-state index contributed by atoms with van der Waals surface area (Å²) in [6, 6.07) is 10.5. The average molecular weight is 235 g/mol. The standard InChI is InChI=1S/C14H21NO2/c1-12-7-8-14(11-15-12)17-10-9-16-13-5-3-2-4-6-13/h2-6,12,14-15H,7-11H2,1H3. The second-order valence-corrected chi connectivity index (χ2v) is 4.54. The molecule has 1 saturated heterocycles. The van der Waals surface area contributed by atoms with Crippen molar-refractivity contribution in [1.29, 1.82) is 0 Å². The van der Waals surface area contributed by atoms with E-state index in [0.717, 1.165) is 18.7 Å². The predicted octanol–water partition coefficient (Wildman–Crippen LogP) is 2.22. The minimum atomic E-state index is 0.352. The van der Waals surface area contributed by atoms with Gasteiger partial charge in [-0.05, 0) is 31.9 Å². The van der Waals surface area contributed by atoms with Crippen LogP contribution in [-0.4, -0.2) is 31.9 Å². The van der Waals surface area contributed by atoms with Crippen LogP contribution < -0.4 is 10.1 Å². The van der Waals surface area contributed by atoms with Crippen LogP contribution in [0.2, 0.25) is 0 Å². The first kappa shape index (κ1) is 12.4. The molecule has 3 nitrogen and oxygen atoms in total. The monoisotopic (exact) mass is 235 g/mol. The Morgan fingerprint density at radius 1 is 1.18 bits per heavy atom. The zero-order chi connectivity index (χ0) is 11.9. The SMILES string of the molecule is CC1CCC(OCCOc2ccccc2)CN1. The lowest BCUT2D eigenvalue weighted by atomic mass is 10.0. The van der Waals surface area contributed by atoms with Crippen molar-refractivity contribution >= 4 is 0 Å². The fourth-order valence-electron chi connectivity index (χ4n) is 2.01. The minimum Gasteiger partial charge on any atom is -0.491 e. The normalized spacial score (nSPS) is 24.5. The van der Waals surface area contributed by atoms with E-state index in [9.17, 15) is 0 Å². The topological polar surface area (TPSA) is 30.5 Å². The van der Waals surface area contributed by atoms with Gasteiger partial charge in [-0.15, -0.1) is 0 Å². The summed E-state index contributed by atoms with van der Waals surface area (Å²) < 4.78 is 11.3. The molecule has 1 aromatic rings. The summed E-state index contributed by atoms with van der Waals surface area (Å²) in [5.41, 5.74) is 0. The van der Waals surface area contributed by atoms with Gasteiger partial charge in [-0.3, -0.25) is 0 Å². The van der Waals surface area contributed by atoms with Crippen LogP contribution in [0.1, 0.15) is 19.8 Å². The van der Waals surface area contributed by atoms with E-state index in [0.29, 0.717) is 25.4 Å². The van der Waals surface area contributed by atoms with Crippen molar-refractivity contribution < 1.29 is 9.47 Å². The quantitative estimate of drug-likeness (QED) is 0.794. The Kier molecular flexibility index (Phi) is 4.83. The highest BCUT2D eigenvalue weighted by Crippen LogP contribution is 2.11. The molecular weight excluding hydrogens is 214 g/mol. The second kappa shape index (κ2) is 6.62. The molecule has 2 rings (SSSR count). The van der Waals surface area contributed by atoms with Gasteiger partial charge in [-0.1, -0.05) is 18.2 Å². The molecule has 1 N–H and O–H groups in total. The summed E-state index contributed by atoms with van der Waals surface area (Å²) in [5, 5.41) is 3.42. The predicted molar refractivity (Wildman–Crippen MR) is 68.4 cm³/mol. The van der Waals surface area contributed by atoms with Crippen LogP contribution in [0.5, 0.6) is 5.75 Å². The summed E-state index contributed by atoms with van der Waals surface area (Å²) in [7, 11) is 0. The number of benzene rings is 1. The van der Waals surface area contributed by atoms with E-state index in [-0.39, 0.29) is 0 Å². The van der Waals surface area contributed by atoms with E-state index < -0.39 is 0 Å². The molecule has 0 aromatic heterocycles. The fourth-order valence-corrected chi connectivity index (χ4v) is 2.01.